The van der Waals surface area contributed by atoms with Crippen LogP contribution in [0.4, 0.5) is 22.0 Å². The van der Waals surface area contributed by atoms with E-state index in [1.807, 2.05) is 0 Å². The van der Waals surface area contributed by atoms with Crippen molar-refractivity contribution >= 4 is 0 Å². The first-order valence-electron chi connectivity index (χ1n) is 7.37. The van der Waals surface area contributed by atoms with Gasteiger partial charge < -0.3 is 5.32 Å². The predicted octanol–water partition coefficient (Wildman–Crippen LogP) is 2.96. The Morgan fingerprint density at radius 2 is 1.55 bits per heavy atom. The maximum absolute atomic E-state index is 13.8. The molecule has 2 nitrogen and oxygen atoms in total. The van der Waals surface area contributed by atoms with Crippen LogP contribution in [0.5, 0.6) is 0 Å². The van der Waals surface area contributed by atoms with E-state index < -0.39 is 34.6 Å². The van der Waals surface area contributed by atoms with E-state index in [4.69, 9.17) is 0 Å². The van der Waals surface area contributed by atoms with Crippen LogP contribution in [0.25, 0.3) is 0 Å². The molecule has 0 aliphatic carbocycles. The predicted molar refractivity (Wildman–Crippen MR) is 70.7 cm³/mol. The minimum atomic E-state index is -2.10. The summed E-state index contributed by atoms with van der Waals surface area (Å²) >= 11 is 0. The SMILES string of the molecule is Fc1c(F)c(F)c(CN2CCC[C@]3(CCNC3)C2)c(F)c1F. The minimum absolute atomic E-state index is 0.0579. The van der Waals surface area contributed by atoms with Crippen LogP contribution in [0, 0.1) is 34.5 Å². The molecule has 2 saturated heterocycles. The Morgan fingerprint density at radius 1 is 0.909 bits per heavy atom. The van der Waals surface area contributed by atoms with Gasteiger partial charge in [0.2, 0.25) is 5.82 Å². The molecule has 1 aromatic rings. The van der Waals surface area contributed by atoms with Crippen LogP contribution in [0.3, 0.4) is 0 Å². The second-order valence-electron chi connectivity index (χ2n) is 6.29. The van der Waals surface area contributed by atoms with Gasteiger partial charge in [-0.15, -0.1) is 0 Å². The number of piperidine rings is 1. The Kier molecular flexibility index (Phi) is 4.11. The molecule has 1 atom stereocenters. The van der Waals surface area contributed by atoms with Gasteiger partial charge in [0.25, 0.3) is 0 Å². The Balaban J connectivity index is 1.84. The topological polar surface area (TPSA) is 15.3 Å². The molecule has 0 amide bonds. The first-order valence-corrected chi connectivity index (χ1v) is 7.37. The fraction of sp³-hybridized carbons (Fsp3) is 0.600. The summed E-state index contributed by atoms with van der Waals surface area (Å²) in [6.07, 6.45) is 2.85. The van der Waals surface area contributed by atoms with E-state index in [1.54, 1.807) is 4.90 Å². The molecule has 3 rings (SSSR count). The molecule has 0 saturated carbocycles. The van der Waals surface area contributed by atoms with Crippen LogP contribution >= 0.6 is 0 Å². The van der Waals surface area contributed by atoms with Crippen molar-refractivity contribution in [1.29, 1.82) is 0 Å². The third kappa shape index (κ3) is 2.60. The summed E-state index contributed by atoms with van der Waals surface area (Å²) in [5.41, 5.74) is -0.679. The highest BCUT2D eigenvalue weighted by atomic mass is 19.2. The van der Waals surface area contributed by atoms with Gasteiger partial charge in [-0.1, -0.05) is 0 Å². The minimum Gasteiger partial charge on any atom is -0.316 e. The van der Waals surface area contributed by atoms with Gasteiger partial charge >= 0.3 is 0 Å². The lowest BCUT2D eigenvalue weighted by molar-refractivity contribution is 0.0951. The van der Waals surface area contributed by atoms with E-state index in [2.05, 4.69) is 5.32 Å². The van der Waals surface area contributed by atoms with Gasteiger partial charge in [0.1, 0.15) is 0 Å². The van der Waals surface area contributed by atoms with E-state index >= 15 is 0 Å². The van der Waals surface area contributed by atoms with E-state index in [9.17, 15) is 22.0 Å². The van der Waals surface area contributed by atoms with Crippen molar-refractivity contribution in [2.45, 2.75) is 25.8 Å². The summed E-state index contributed by atoms with van der Waals surface area (Å²) in [6.45, 7) is 2.69. The first-order chi connectivity index (χ1) is 10.4. The van der Waals surface area contributed by atoms with Crippen LogP contribution < -0.4 is 5.32 Å². The Labute approximate surface area is 125 Å². The van der Waals surface area contributed by atoms with Gasteiger partial charge in [-0.05, 0) is 37.8 Å². The zero-order valence-corrected chi connectivity index (χ0v) is 12.0. The van der Waals surface area contributed by atoms with E-state index in [0.717, 1.165) is 32.4 Å². The van der Waals surface area contributed by atoms with Gasteiger partial charge in [-0.3, -0.25) is 4.90 Å². The summed E-state index contributed by atoms with van der Waals surface area (Å²) in [6, 6.07) is 0. The van der Waals surface area contributed by atoms with Crippen LogP contribution in [0.2, 0.25) is 0 Å². The average molecular weight is 320 g/mol. The number of benzene rings is 1. The maximum Gasteiger partial charge on any atom is 0.200 e. The molecule has 0 radical (unpaired) electrons. The molecule has 2 heterocycles. The summed E-state index contributed by atoms with van der Waals surface area (Å²) < 4.78 is 67.1. The van der Waals surface area contributed by atoms with Gasteiger partial charge in [0.15, 0.2) is 23.3 Å². The molecule has 7 heteroatoms. The Hall–Kier alpha value is -1.21. The molecule has 122 valence electrons. The highest BCUT2D eigenvalue weighted by molar-refractivity contribution is 5.24. The molecular weight excluding hydrogens is 303 g/mol. The fourth-order valence-corrected chi connectivity index (χ4v) is 3.60. The van der Waals surface area contributed by atoms with Gasteiger partial charge in [0, 0.05) is 25.2 Å². The normalized spacial score (nSPS) is 26.0. The molecule has 0 bridgehead atoms. The monoisotopic (exact) mass is 320 g/mol. The largest absolute Gasteiger partial charge is 0.316 e. The van der Waals surface area contributed by atoms with E-state index in [-0.39, 0.29) is 12.0 Å². The van der Waals surface area contributed by atoms with Crippen molar-refractivity contribution in [1.82, 2.24) is 10.2 Å². The number of nitrogens with zero attached hydrogens (tertiary/aromatic N) is 1. The number of hydrogen-bond donors (Lipinski definition) is 1. The quantitative estimate of drug-likeness (QED) is 0.512. The lowest BCUT2D eigenvalue weighted by Crippen LogP contribution is -2.44. The zero-order valence-electron chi connectivity index (χ0n) is 12.0. The molecule has 0 unspecified atom stereocenters. The van der Waals surface area contributed by atoms with Crippen molar-refractivity contribution in [2.75, 3.05) is 26.2 Å². The molecule has 22 heavy (non-hydrogen) atoms. The molecule has 1 aromatic carbocycles. The second kappa shape index (κ2) is 5.77. The number of halogens is 5. The number of likely N-dealkylation sites (tertiary alicyclic amines) is 1. The Morgan fingerprint density at radius 3 is 2.14 bits per heavy atom. The van der Waals surface area contributed by atoms with Crippen molar-refractivity contribution < 1.29 is 22.0 Å². The Bertz CT molecular complexity index is 555. The zero-order chi connectivity index (χ0) is 15.9. The van der Waals surface area contributed by atoms with Crippen molar-refractivity contribution in [3.63, 3.8) is 0 Å². The smallest absolute Gasteiger partial charge is 0.200 e. The first kappa shape index (κ1) is 15.7. The third-order valence-electron chi connectivity index (χ3n) is 4.76. The van der Waals surface area contributed by atoms with Crippen LogP contribution in [-0.4, -0.2) is 31.1 Å². The van der Waals surface area contributed by atoms with Crippen LogP contribution in [-0.2, 0) is 6.54 Å². The third-order valence-corrected chi connectivity index (χ3v) is 4.76. The molecule has 1 spiro atoms. The molecule has 2 aliphatic rings. The maximum atomic E-state index is 13.8. The molecule has 2 fully saturated rings. The van der Waals surface area contributed by atoms with E-state index in [1.165, 1.54) is 0 Å². The van der Waals surface area contributed by atoms with Crippen molar-refractivity contribution in [3.05, 3.63) is 34.6 Å². The van der Waals surface area contributed by atoms with Crippen LogP contribution in [0.1, 0.15) is 24.8 Å². The molecule has 1 N–H and O–H groups in total. The fourth-order valence-electron chi connectivity index (χ4n) is 3.60. The van der Waals surface area contributed by atoms with E-state index in [0.29, 0.717) is 13.1 Å². The summed E-state index contributed by atoms with van der Waals surface area (Å²) in [4.78, 5) is 1.79. The average Bonchev–Trinajstić information content (AvgIpc) is 2.95. The lowest BCUT2D eigenvalue weighted by atomic mass is 9.79. The number of nitrogens with one attached hydrogen (secondary N) is 1. The highest BCUT2D eigenvalue weighted by Crippen LogP contribution is 2.36. The molecule has 0 aromatic heterocycles. The molecule has 2 aliphatic heterocycles. The van der Waals surface area contributed by atoms with Crippen LogP contribution in [0.15, 0.2) is 0 Å². The summed E-state index contributed by atoms with van der Waals surface area (Å²) in [5, 5.41) is 3.27. The van der Waals surface area contributed by atoms with Crippen molar-refractivity contribution in [2.24, 2.45) is 5.41 Å². The second-order valence-corrected chi connectivity index (χ2v) is 6.29. The summed E-state index contributed by atoms with van der Waals surface area (Å²) in [5.74, 6) is -9.29. The highest BCUT2D eigenvalue weighted by Gasteiger charge is 2.38. The lowest BCUT2D eigenvalue weighted by Gasteiger charge is -2.40. The van der Waals surface area contributed by atoms with Gasteiger partial charge in [-0.25, -0.2) is 22.0 Å². The standard InChI is InChI=1S/C15H17F5N2/c16-10-9(11(17)13(19)14(20)12(10)18)6-22-5-1-2-15(8-22)3-4-21-7-15/h21H,1-8H2/t15-/m1/s1. The number of rotatable bonds is 2. The van der Waals surface area contributed by atoms with Gasteiger partial charge in [0.05, 0.1) is 0 Å². The van der Waals surface area contributed by atoms with Gasteiger partial charge in [-0.2, -0.15) is 0 Å². The summed E-state index contributed by atoms with van der Waals surface area (Å²) in [7, 11) is 0. The number of hydrogen-bond acceptors (Lipinski definition) is 2. The molecular formula is C15H17F5N2. The van der Waals surface area contributed by atoms with Crippen molar-refractivity contribution in [3.8, 4) is 0 Å².